The van der Waals surface area contributed by atoms with Gasteiger partial charge in [-0.3, -0.25) is 0 Å². The molecule has 27 heavy (non-hydrogen) atoms. The van der Waals surface area contributed by atoms with Gasteiger partial charge in [-0.25, -0.2) is 9.97 Å². The summed E-state index contributed by atoms with van der Waals surface area (Å²) >= 11 is 0. The van der Waals surface area contributed by atoms with Gasteiger partial charge in [-0.1, -0.05) is 45.4 Å². The molecule has 1 aromatic carbocycles. The SMILES string of the molecule is CCCC1CCC(CCc2cnc(-c3ccc(OC(F)F)cc3)nc2)CC1. The molecule has 1 aliphatic rings. The van der Waals surface area contributed by atoms with E-state index in [1.165, 1.54) is 57.1 Å². The second kappa shape index (κ2) is 9.77. The van der Waals surface area contributed by atoms with Crippen LogP contribution < -0.4 is 4.74 Å². The smallest absolute Gasteiger partial charge is 0.387 e. The molecule has 0 unspecified atom stereocenters. The maximum atomic E-state index is 12.2. The zero-order valence-corrected chi connectivity index (χ0v) is 15.9. The highest BCUT2D eigenvalue weighted by molar-refractivity contribution is 5.55. The summed E-state index contributed by atoms with van der Waals surface area (Å²) in [6, 6.07) is 6.41. The van der Waals surface area contributed by atoms with Crippen molar-refractivity contribution < 1.29 is 13.5 Å². The lowest BCUT2D eigenvalue weighted by Crippen LogP contribution is -2.15. The quantitative estimate of drug-likeness (QED) is 0.545. The zero-order valence-electron chi connectivity index (χ0n) is 15.9. The number of halogens is 2. The molecule has 0 N–H and O–H groups in total. The highest BCUT2D eigenvalue weighted by Gasteiger charge is 2.20. The lowest BCUT2D eigenvalue weighted by molar-refractivity contribution is -0.0498. The van der Waals surface area contributed by atoms with Crippen molar-refractivity contribution in [2.75, 3.05) is 0 Å². The largest absolute Gasteiger partial charge is 0.435 e. The van der Waals surface area contributed by atoms with Crippen molar-refractivity contribution >= 4 is 0 Å². The van der Waals surface area contributed by atoms with Gasteiger partial charge < -0.3 is 4.74 Å². The maximum Gasteiger partial charge on any atom is 0.387 e. The molecule has 0 bridgehead atoms. The van der Waals surface area contributed by atoms with Crippen molar-refractivity contribution in [3.63, 3.8) is 0 Å². The van der Waals surface area contributed by atoms with E-state index in [0.29, 0.717) is 5.82 Å². The van der Waals surface area contributed by atoms with Crippen LogP contribution in [0.4, 0.5) is 8.78 Å². The van der Waals surface area contributed by atoms with E-state index in [9.17, 15) is 8.78 Å². The third-order valence-electron chi connectivity index (χ3n) is 5.55. The molecule has 0 aliphatic heterocycles. The van der Waals surface area contributed by atoms with Crippen LogP contribution in [0.1, 0.15) is 57.4 Å². The molecule has 3 rings (SSSR count). The van der Waals surface area contributed by atoms with Crippen molar-refractivity contribution in [2.24, 2.45) is 11.8 Å². The van der Waals surface area contributed by atoms with Crippen molar-refractivity contribution in [1.82, 2.24) is 9.97 Å². The predicted octanol–water partition coefficient (Wildman–Crippen LogP) is 6.28. The Hall–Kier alpha value is -2.04. The minimum Gasteiger partial charge on any atom is -0.435 e. The van der Waals surface area contributed by atoms with Crippen molar-refractivity contribution in [3.8, 4) is 17.1 Å². The average molecular weight is 374 g/mol. The number of benzene rings is 1. The molecule has 1 aromatic heterocycles. The summed E-state index contributed by atoms with van der Waals surface area (Å²) in [5.74, 6) is 2.52. The molecule has 0 saturated heterocycles. The van der Waals surface area contributed by atoms with Gasteiger partial charge in [0.15, 0.2) is 5.82 Å². The Labute approximate surface area is 160 Å². The van der Waals surface area contributed by atoms with Crippen LogP contribution in [0.5, 0.6) is 5.75 Å². The first-order chi connectivity index (χ1) is 13.1. The molecule has 0 spiro atoms. The second-order valence-corrected chi connectivity index (χ2v) is 7.53. The van der Waals surface area contributed by atoms with Crippen LogP contribution in [0, 0.1) is 11.8 Å². The predicted molar refractivity (Wildman–Crippen MR) is 103 cm³/mol. The molecule has 1 saturated carbocycles. The van der Waals surface area contributed by atoms with Gasteiger partial charge in [0.2, 0.25) is 0 Å². The monoisotopic (exact) mass is 374 g/mol. The van der Waals surface area contributed by atoms with E-state index < -0.39 is 6.61 Å². The minimum atomic E-state index is -2.81. The van der Waals surface area contributed by atoms with Crippen LogP contribution in [-0.4, -0.2) is 16.6 Å². The van der Waals surface area contributed by atoms with E-state index in [-0.39, 0.29) is 5.75 Å². The zero-order chi connectivity index (χ0) is 19.1. The van der Waals surface area contributed by atoms with Gasteiger partial charge in [-0.15, -0.1) is 0 Å². The van der Waals surface area contributed by atoms with Gasteiger partial charge in [0, 0.05) is 18.0 Å². The molecule has 1 heterocycles. The fraction of sp³-hybridized carbons (Fsp3) is 0.545. The van der Waals surface area contributed by atoms with Gasteiger partial charge in [0.05, 0.1) is 0 Å². The Bertz CT molecular complexity index is 680. The molecule has 1 aliphatic carbocycles. The molecule has 146 valence electrons. The van der Waals surface area contributed by atoms with Gasteiger partial charge >= 0.3 is 6.61 Å². The Morgan fingerprint density at radius 3 is 2.11 bits per heavy atom. The van der Waals surface area contributed by atoms with Gasteiger partial charge in [0.25, 0.3) is 0 Å². The van der Waals surface area contributed by atoms with Crippen LogP contribution in [0.15, 0.2) is 36.7 Å². The van der Waals surface area contributed by atoms with Gasteiger partial charge in [0.1, 0.15) is 5.75 Å². The van der Waals surface area contributed by atoms with Gasteiger partial charge in [-0.05, 0) is 54.5 Å². The Morgan fingerprint density at radius 1 is 0.963 bits per heavy atom. The number of aromatic nitrogens is 2. The molecule has 0 amide bonds. The molecular weight excluding hydrogens is 346 g/mol. The Balaban J connectivity index is 1.49. The first kappa shape index (κ1) is 19.7. The molecule has 3 nitrogen and oxygen atoms in total. The molecular formula is C22H28F2N2O. The second-order valence-electron chi connectivity index (χ2n) is 7.53. The topological polar surface area (TPSA) is 35.0 Å². The van der Waals surface area contributed by atoms with Gasteiger partial charge in [-0.2, -0.15) is 8.78 Å². The first-order valence-corrected chi connectivity index (χ1v) is 10.00. The molecule has 1 fully saturated rings. The number of hydrogen-bond acceptors (Lipinski definition) is 3. The minimum absolute atomic E-state index is 0.138. The summed E-state index contributed by atoms with van der Waals surface area (Å²) in [6.45, 7) is -0.533. The van der Waals surface area contributed by atoms with E-state index >= 15 is 0 Å². The van der Waals surface area contributed by atoms with Crippen molar-refractivity contribution in [2.45, 2.75) is 64.9 Å². The maximum absolute atomic E-state index is 12.2. The van der Waals surface area contributed by atoms with Crippen LogP contribution in [0.3, 0.4) is 0 Å². The van der Waals surface area contributed by atoms with Crippen molar-refractivity contribution in [3.05, 3.63) is 42.2 Å². The van der Waals surface area contributed by atoms with Crippen LogP contribution >= 0.6 is 0 Å². The molecule has 5 heteroatoms. The summed E-state index contributed by atoms with van der Waals surface area (Å²) in [6.07, 6.45) is 14.2. The number of rotatable bonds is 8. The number of ether oxygens (including phenoxy) is 1. The fourth-order valence-electron chi connectivity index (χ4n) is 4.01. The third-order valence-corrected chi connectivity index (χ3v) is 5.55. The average Bonchev–Trinajstić information content (AvgIpc) is 2.68. The highest BCUT2D eigenvalue weighted by atomic mass is 19.3. The number of hydrogen-bond donors (Lipinski definition) is 0. The summed E-state index contributed by atoms with van der Waals surface area (Å²) in [4.78, 5) is 8.88. The number of alkyl halides is 2. The highest BCUT2D eigenvalue weighted by Crippen LogP contribution is 2.33. The standard InChI is InChI=1S/C22H28F2N2O/c1-2-3-16-4-6-17(7-5-16)8-9-18-14-25-21(26-15-18)19-10-12-20(13-11-19)27-22(23)24/h10-17,22H,2-9H2,1H3. The molecule has 2 aromatic rings. The normalized spacial score (nSPS) is 20.0. The summed E-state index contributed by atoms with van der Waals surface area (Å²) in [5, 5.41) is 0. The molecule has 0 radical (unpaired) electrons. The van der Waals surface area contributed by atoms with Crippen LogP contribution in [-0.2, 0) is 6.42 Å². The van der Waals surface area contributed by atoms with E-state index in [0.717, 1.165) is 29.4 Å². The summed E-state index contributed by atoms with van der Waals surface area (Å²) in [5.41, 5.74) is 1.95. The lowest BCUT2D eigenvalue weighted by Gasteiger charge is -2.28. The van der Waals surface area contributed by atoms with Crippen LogP contribution in [0.25, 0.3) is 11.4 Å². The Morgan fingerprint density at radius 2 is 1.56 bits per heavy atom. The Kier molecular flexibility index (Phi) is 7.13. The lowest BCUT2D eigenvalue weighted by atomic mass is 9.78. The van der Waals surface area contributed by atoms with Crippen LogP contribution in [0.2, 0.25) is 0 Å². The first-order valence-electron chi connectivity index (χ1n) is 10.00. The van der Waals surface area contributed by atoms with E-state index in [1.54, 1.807) is 12.1 Å². The van der Waals surface area contributed by atoms with E-state index in [1.807, 2.05) is 12.4 Å². The summed E-state index contributed by atoms with van der Waals surface area (Å²) < 4.78 is 28.8. The fourth-order valence-corrected chi connectivity index (χ4v) is 4.01. The molecule has 0 atom stereocenters. The summed E-state index contributed by atoms with van der Waals surface area (Å²) in [7, 11) is 0. The number of nitrogens with zero attached hydrogens (tertiary/aromatic N) is 2. The van der Waals surface area contributed by atoms with E-state index in [4.69, 9.17) is 0 Å². The van der Waals surface area contributed by atoms with E-state index in [2.05, 4.69) is 21.6 Å². The number of aryl methyl sites for hydroxylation is 1. The third kappa shape index (κ3) is 5.98. The van der Waals surface area contributed by atoms with Crippen molar-refractivity contribution in [1.29, 1.82) is 0 Å².